The van der Waals surface area contributed by atoms with Crippen LogP contribution in [0.1, 0.15) is 15.9 Å². The van der Waals surface area contributed by atoms with E-state index in [1.165, 1.54) is 16.2 Å². The van der Waals surface area contributed by atoms with E-state index in [9.17, 15) is 9.59 Å². The summed E-state index contributed by atoms with van der Waals surface area (Å²) in [5.41, 5.74) is 3.28. The zero-order chi connectivity index (χ0) is 21.3. The highest BCUT2D eigenvalue weighted by Gasteiger charge is 2.32. The van der Waals surface area contributed by atoms with Crippen LogP contribution in [0, 0.1) is 0 Å². The van der Waals surface area contributed by atoms with Crippen LogP contribution in [0.5, 0.6) is 11.5 Å². The van der Waals surface area contributed by atoms with Crippen LogP contribution in [0.4, 0.5) is 5.13 Å². The Morgan fingerprint density at radius 1 is 1.13 bits per heavy atom. The van der Waals surface area contributed by atoms with Gasteiger partial charge in [0.05, 0.1) is 19.9 Å². The standard InChI is InChI=1S/C22H19N3O4S/c1-13-15-6-4-5-7-16(15)21(27)25(13)11-20(26)24-22-23-18(12-30-22)17-9-8-14(28-2)10-19(17)29-3/h4-10,12H,1,11H2,2-3H3,(H,23,24,26). The Balaban J connectivity index is 1.47. The average molecular weight is 421 g/mol. The maximum absolute atomic E-state index is 12.6. The number of carbonyl (C=O) groups is 2. The van der Waals surface area contributed by atoms with Gasteiger partial charge in [0, 0.05) is 33.8 Å². The monoisotopic (exact) mass is 421 g/mol. The summed E-state index contributed by atoms with van der Waals surface area (Å²) in [6.07, 6.45) is 0. The number of amides is 2. The van der Waals surface area contributed by atoms with Crippen molar-refractivity contribution in [2.75, 3.05) is 26.1 Å². The molecule has 1 aromatic heterocycles. The molecule has 0 atom stereocenters. The number of thiazole rings is 1. The van der Waals surface area contributed by atoms with Crippen molar-refractivity contribution in [2.24, 2.45) is 0 Å². The molecule has 1 aliphatic rings. The lowest BCUT2D eigenvalue weighted by Crippen LogP contribution is -2.32. The predicted molar refractivity (Wildman–Crippen MR) is 116 cm³/mol. The Morgan fingerprint density at radius 3 is 2.60 bits per heavy atom. The number of methoxy groups -OCH3 is 2. The molecule has 1 N–H and O–H groups in total. The largest absolute Gasteiger partial charge is 0.497 e. The number of benzene rings is 2. The fourth-order valence-electron chi connectivity index (χ4n) is 3.27. The maximum atomic E-state index is 12.6. The van der Waals surface area contributed by atoms with Crippen LogP contribution in [-0.4, -0.2) is 42.5 Å². The Hall–Kier alpha value is -3.65. The number of carbonyl (C=O) groups excluding carboxylic acids is 2. The van der Waals surface area contributed by atoms with E-state index in [1.807, 2.05) is 29.6 Å². The minimum absolute atomic E-state index is 0.132. The number of aromatic nitrogens is 1. The lowest BCUT2D eigenvalue weighted by atomic mass is 10.1. The van der Waals surface area contributed by atoms with Crippen molar-refractivity contribution in [2.45, 2.75) is 0 Å². The number of rotatable bonds is 6. The van der Waals surface area contributed by atoms with Gasteiger partial charge in [0.25, 0.3) is 5.91 Å². The van der Waals surface area contributed by atoms with E-state index in [2.05, 4.69) is 16.9 Å². The van der Waals surface area contributed by atoms with E-state index in [4.69, 9.17) is 9.47 Å². The summed E-state index contributed by atoms with van der Waals surface area (Å²) in [6.45, 7) is 3.82. The first-order chi connectivity index (χ1) is 14.5. The SMILES string of the molecule is C=C1c2ccccc2C(=O)N1CC(=O)Nc1nc(-c2ccc(OC)cc2OC)cs1. The molecule has 0 aliphatic carbocycles. The minimum atomic E-state index is -0.347. The third-order valence-electron chi connectivity index (χ3n) is 4.78. The molecule has 0 bridgehead atoms. The number of hydrogen-bond acceptors (Lipinski definition) is 6. The quantitative estimate of drug-likeness (QED) is 0.653. The number of hydrogen-bond donors (Lipinski definition) is 1. The second-order valence-electron chi connectivity index (χ2n) is 6.54. The molecule has 0 saturated carbocycles. The first-order valence-corrected chi connectivity index (χ1v) is 9.97. The van der Waals surface area contributed by atoms with E-state index in [0.29, 0.717) is 33.6 Å². The molecule has 0 spiro atoms. The molecule has 0 fully saturated rings. The molecular formula is C22H19N3O4S. The zero-order valence-corrected chi connectivity index (χ0v) is 17.3. The number of ether oxygens (including phenoxy) is 2. The van der Waals surface area contributed by atoms with Crippen molar-refractivity contribution >= 4 is 34.0 Å². The van der Waals surface area contributed by atoms with E-state index in [0.717, 1.165) is 11.1 Å². The zero-order valence-electron chi connectivity index (χ0n) is 16.5. The van der Waals surface area contributed by atoms with Crippen molar-refractivity contribution < 1.29 is 19.1 Å². The van der Waals surface area contributed by atoms with Gasteiger partial charge in [-0.05, 0) is 18.2 Å². The highest BCUT2D eigenvalue weighted by Crippen LogP contribution is 2.35. The fraction of sp³-hybridized carbons (Fsp3) is 0.136. The molecule has 2 aromatic carbocycles. The normalized spacial score (nSPS) is 12.7. The Bertz CT molecular complexity index is 1120. The molecule has 2 heterocycles. The summed E-state index contributed by atoms with van der Waals surface area (Å²) in [4.78, 5) is 30.9. The summed E-state index contributed by atoms with van der Waals surface area (Å²) in [5.74, 6) is 0.721. The fourth-order valence-corrected chi connectivity index (χ4v) is 4.00. The molecule has 7 nitrogen and oxygen atoms in total. The maximum Gasteiger partial charge on any atom is 0.259 e. The van der Waals surface area contributed by atoms with Gasteiger partial charge in [-0.25, -0.2) is 4.98 Å². The lowest BCUT2D eigenvalue weighted by Gasteiger charge is -2.16. The molecule has 3 aromatic rings. The third-order valence-corrected chi connectivity index (χ3v) is 5.53. The van der Waals surface area contributed by atoms with Crippen LogP contribution in [-0.2, 0) is 4.79 Å². The molecule has 152 valence electrons. The molecular weight excluding hydrogens is 402 g/mol. The molecule has 0 radical (unpaired) electrons. The van der Waals surface area contributed by atoms with E-state index in [-0.39, 0.29) is 18.4 Å². The summed E-state index contributed by atoms with van der Waals surface area (Å²) in [5, 5.41) is 5.02. The van der Waals surface area contributed by atoms with Gasteiger partial charge in [0.1, 0.15) is 18.0 Å². The molecule has 30 heavy (non-hydrogen) atoms. The van der Waals surface area contributed by atoms with Gasteiger partial charge in [-0.2, -0.15) is 0 Å². The van der Waals surface area contributed by atoms with Crippen molar-refractivity contribution in [3.63, 3.8) is 0 Å². The van der Waals surface area contributed by atoms with Crippen LogP contribution < -0.4 is 14.8 Å². The van der Waals surface area contributed by atoms with Crippen LogP contribution in [0.15, 0.2) is 54.4 Å². The summed E-state index contributed by atoms with van der Waals surface area (Å²) in [6, 6.07) is 12.6. The number of nitrogens with zero attached hydrogens (tertiary/aromatic N) is 2. The predicted octanol–water partition coefficient (Wildman–Crippen LogP) is 3.89. The number of anilines is 1. The van der Waals surface area contributed by atoms with Gasteiger partial charge in [-0.15, -0.1) is 11.3 Å². The van der Waals surface area contributed by atoms with E-state index < -0.39 is 0 Å². The first-order valence-electron chi connectivity index (χ1n) is 9.09. The Labute approximate surface area is 177 Å². The second-order valence-corrected chi connectivity index (χ2v) is 7.39. The number of fused-ring (bicyclic) bond motifs is 1. The molecule has 1 aliphatic heterocycles. The van der Waals surface area contributed by atoms with Crippen LogP contribution in [0.3, 0.4) is 0 Å². The van der Waals surface area contributed by atoms with Crippen molar-refractivity contribution in [1.82, 2.24) is 9.88 Å². The van der Waals surface area contributed by atoms with Gasteiger partial charge >= 0.3 is 0 Å². The highest BCUT2D eigenvalue weighted by atomic mass is 32.1. The summed E-state index contributed by atoms with van der Waals surface area (Å²) in [7, 11) is 3.16. The second kappa shape index (κ2) is 8.00. The molecule has 2 amide bonds. The van der Waals surface area contributed by atoms with Crippen LogP contribution in [0.2, 0.25) is 0 Å². The molecule has 0 unspecified atom stereocenters. The van der Waals surface area contributed by atoms with Gasteiger partial charge < -0.3 is 14.8 Å². The van der Waals surface area contributed by atoms with Gasteiger partial charge in [-0.1, -0.05) is 24.8 Å². The average Bonchev–Trinajstić information content (AvgIpc) is 3.32. The molecule has 0 saturated heterocycles. The Morgan fingerprint density at radius 2 is 1.90 bits per heavy atom. The first kappa shape index (κ1) is 19.7. The van der Waals surface area contributed by atoms with Crippen molar-refractivity contribution in [3.05, 3.63) is 65.6 Å². The van der Waals surface area contributed by atoms with Gasteiger partial charge in [0.15, 0.2) is 5.13 Å². The minimum Gasteiger partial charge on any atom is -0.497 e. The summed E-state index contributed by atoms with van der Waals surface area (Å²) < 4.78 is 10.6. The topological polar surface area (TPSA) is 80.8 Å². The molecule has 4 rings (SSSR count). The summed E-state index contributed by atoms with van der Waals surface area (Å²) >= 11 is 1.29. The smallest absolute Gasteiger partial charge is 0.259 e. The van der Waals surface area contributed by atoms with Gasteiger partial charge in [0.2, 0.25) is 5.91 Å². The van der Waals surface area contributed by atoms with Crippen LogP contribution >= 0.6 is 11.3 Å². The van der Waals surface area contributed by atoms with Gasteiger partial charge in [-0.3, -0.25) is 14.5 Å². The van der Waals surface area contributed by atoms with Crippen molar-refractivity contribution in [1.29, 1.82) is 0 Å². The Kier molecular flexibility index (Phi) is 5.24. The van der Waals surface area contributed by atoms with E-state index in [1.54, 1.807) is 32.4 Å². The number of nitrogens with one attached hydrogen (secondary N) is 1. The lowest BCUT2D eigenvalue weighted by molar-refractivity contribution is -0.116. The third kappa shape index (κ3) is 3.53. The molecule has 8 heteroatoms. The van der Waals surface area contributed by atoms with E-state index >= 15 is 0 Å². The highest BCUT2D eigenvalue weighted by molar-refractivity contribution is 7.14. The van der Waals surface area contributed by atoms with Crippen LogP contribution in [0.25, 0.3) is 17.0 Å². The van der Waals surface area contributed by atoms with Crippen molar-refractivity contribution in [3.8, 4) is 22.8 Å².